The van der Waals surface area contributed by atoms with Gasteiger partial charge in [0, 0.05) is 12.5 Å². The average molecular weight is 269 g/mol. The molecule has 0 aromatic heterocycles. The van der Waals surface area contributed by atoms with Crippen molar-refractivity contribution in [3.05, 3.63) is 0 Å². The standard InChI is InChI=1S/C15H27NO3/c1-12(15(18)19-2)8-6-7-11-14(17)16-13-9-4-3-5-10-13/h12-13H,3-11H2,1-2H3,(H,16,17). The van der Waals surface area contributed by atoms with Crippen LogP contribution in [0.5, 0.6) is 0 Å². The number of amides is 1. The SMILES string of the molecule is COC(=O)C(C)CCCCC(=O)NC1CCCCC1. The first-order valence-electron chi connectivity index (χ1n) is 7.50. The maximum absolute atomic E-state index is 11.7. The number of hydrogen-bond donors (Lipinski definition) is 1. The second-order valence-corrected chi connectivity index (χ2v) is 5.57. The summed E-state index contributed by atoms with van der Waals surface area (Å²) in [6.45, 7) is 1.87. The minimum atomic E-state index is -0.161. The molecule has 0 heterocycles. The molecule has 1 unspecified atom stereocenters. The monoisotopic (exact) mass is 269 g/mol. The van der Waals surface area contributed by atoms with E-state index < -0.39 is 0 Å². The number of esters is 1. The van der Waals surface area contributed by atoms with Crippen molar-refractivity contribution >= 4 is 11.9 Å². The Labute approximate surface area is 116 Å². The van der Waals surface area contributed by atoms with Crippen LogP contribution in [-0.2, 0) is 14.3 Å². The average Bonchev–Trinajstić information content (AvgIpc) is 2.43. The molecule has 1 amide bonds. The van der Waals surface area contributed by atoms with Gasteiger partial charge in [0.15, 0.2) is 0 Å². The highest BCUT2D eigenvalue weighted by atomic mass is 16.5. The van der Waals surface area contributed by atoms with E-state index in [0.29, 0.717) is 12.5 Å². The number of ether oxygens (including phenoxy) is 1. The predicted octanol–water partition coefficient (Wildman–Crippen LogP) is 2.80. The topological polar surface area (TPSA) is 55.4 Å². The van der Waals surface area contributed by atoms with Crippen LogP contribution in [0.15, 0.2) is 0 Å². The van der Waals surface area contributed by atoms with E-state index in [2.05, 4.69) is 10.1 Å². The molecule has 0 bridgehead atoms. The van der Waals surface area contributed by atoms with Crippen molar-refractivity contribution < 1.29 is 14.3 Å². The smallest absolute Gasteiger partial charge is 0.308 e. The number of carbonyl (C=O) groups excluding carboxylic acids is 2. The van der Waals surface area contributed by atoms with Gasteiger partial charge in [-0.15, -0.1) is 0 Å². The molecule has 4 heteroatoms. The molecule has 0 saturated heterocycles. The summed E-state index contributed by atoms with van der Waals surface area (Å²) in [5, 5.41) is 3.11. The zero-order valence-electron chi connectivity index (χ0n) is 12.2. The van der Waals surface area contributed by atoms with E-state index in [4.69, 9.17) is 0 Å². The Morgan fingerprint density at radius 1 is 1.21 bits per heavy atom. The minimum Gasteiger partial charge on any atom is -0.469 e. The zero-order chi connectivity index (χ0) is 14.1. The van der Waals surface area contributed by atoms with E-state index in [1.54, 1.807) is 0 Å². The quantitative estimate of drug-likeness (QED) is 0.571. The molecule has 0 aromatic rings. The van der Waals surface area contributed by atoms with Gasteiger partial charge in [-0.3, -0.25) is 9.59 Å². The molecule has 1 N–H and O–H groups in total. The number of hydrogen-bond acceptors (Lipinski definition) is 3. The lowest BCUT2D eigenvalue weighted by molar-refractivity contribution is -0.145. The molecule has 1 fully saturated rings. The van der Waals surface area contributed by atoms with Gasteiger partial charge in [-0.05, 0) is 25.7 Å². The first-order chi connectivity index (χ1) is 9.13. The van der Waals surface area contributed by atoms with Gasteiger partial charge in [-0.25, -0.2) is 0 Å². The molecule has 1 aliphatic rings. The Hall–Kier alpha value is -1.06. The van der Waals surface area contributed by atoms with E-state index in [9.17, 15) is 9.59 Å². The van der Waals surface area contributed by atoms with Gasteiger partial charge in [0.25, 0.3) is 0 Å². The Morgan fingerprint density at radius 3 is 2.53 bits per heavy atom. The lowest BCUT2D eigenvalue weighted by Gasteiger charge is -2.22. The molecule has 1 rings (SSSR count). The summed E-state index contributed by atoms with van der Waals surface area (Å²) >= 11 is 0. The van der Waals surface area contributed by atoms with Gasteiger partial charge in [-0.2, -0.15) is 0 Å². The fourth-order valence-electron chi connectivity index (χ4n) is 2.60. The van der Waals surface area contributed by atoms with E-state index in [1.165, 1.54) is 26.4 Å². The van der Waals surface area contributed by atoms with Crippen molar-refractivity contribution in [3.63, 3.8) is 0 Å². The summed E-state index contributed by atoms with van der Waals surface area (Å²) in [4.78, 5) is 22.9. The molecule has 0 aliphatic heterocycles. The number of methoxy groups -OCH3 is 1. The highest BCUT2D eigenvalue weighted by molar-refractivity contribution is 5.76. The number of carbonyl (C=O) groups is 2. The largest absolute Gasteiger partial charge is 0.469 e. The van der Waals surface area contributed by atoms with Crippen LogP contribution in [0.3, 0.4) is 0 Å². The number of nitrogens with one attached hydrogen (secondary N) is 1. The van der Waals surface area contributed by atoms with Crippen LogP contribution in [0.1, 0.15) is 64.7 Å². The van der Waals surface area contributed by atoms with Gasteiger partial charge < -0.3 is 10.1 Å². The van der Waals surface area contributed by atoms with Crippen LogP contribution in [-0.4, -0.2) is 25.0 Å². The van der Waals surface area contributed by atoms with Crippen molar-refractivity contribution in [2.24, 2.45) is 5.92 Å². The lowest BCUT2D eigenvalue weighted by Crippen LogP contribution is -2.35. The second-order valence-electron chi connectivity index (χ2n) is 5.57. The van der Waals surface area contributed by atoms with Crippen LogP contribution in [0, 0.1) is 5.92 Å². The van der Waals surface area contributed by atoms with Crippen molar-refractivity contribution in [2.45, 2.75) is 70.8 Å². The maximum atomic E-state index is 11.7. The van der Waals surface area contributed by atoms with Gasteiger partial charge in [0.2, 0.25) is 5.91 Å². The molecule has 0 radical (unpaired) electrons. The highest BCUT2D eigenvalue weighted by Gasteiger charge is 2.16. The summed E-state index contributed by atoms with van der Waals surface area (Å²) in [6, 6.07) is 0.398. The third-order valence-electron chi connectivity index (χ3n) is 3.86. The molecule has 1 aliphatic carbocycles. The molecule has 0 spiro atoms. The predicted molar refractivity (Wildman–Crippen MR) is 74.7 cm³/mol. The molecule has 4 nitrogen and oxygen atoms in total. The Balaban J connectivity index is 2.05. The summed E-state index contributed by atoms with van der Waals surface area (Å²) < 4.78 is 4.67. The normalized spacial score (nSPS) is 17.8. The van der Waals surface area contributed by atoms with E-state index >= 15 is 0 Å². The first kappa shape index (κ1) is 16.0. The van der Waals surface area contributed by atoms with Crippen molar-refractivity contribution in [1.82, 2.24) is 5.32 Å². The van der Waals surface area contributed by atoms with Crippen LogP contribution in [0.25, 0.3) is 0 Å². The molecule has 1 saturated carbocycles. The van der Waals surface area contributed by atoms with Crippen molar-refractivity contribution in [3.8, 4) is 0 Å². The molecule has 0 aromatic carbocycles. The molecular formula is C15H27NO3. The van der Waals surface area contributed by atoms with Gasteiger partial charge >= 0.3 is 5.97 Å². The third kappa shape index (κ3) is 6.60. The summed E-state index contributed by atoms with van der Waals surface area (Å²) in [7, 11) is 1.41. The molecule has 110 valence electrons. The fourth-order valence-corrected chi connectivity index (χ4v) is 2.60. The summed E-state index contributed by atoms with van der Waals surface area (Å²) in [5.41, 5.74) is 0. The highest BCUT2D eigenvalue weighted by Crippen LogP contribution is 2.17. The van der Waals surface area contributed by atoms with Crippen LogP contribution in [0.2, 0.25) is 0 Å². The molecular weight excluding hydrogens is 242 g/mol. The van der Waals surface area contributed by atoms with Gasteiger partial charge in [0.05, 0.1) is 13.0 Å². The third-order valence-corrected chi connectivity index (χ3v) is 3.86. The molecule has 1 atom stereocenters. The van der Waals surface area contributed by atoms with E-state index in [-0.39, 0.29) is 17.8 Å². The van der Waals surface area contributed by atoms with E-state index in [1.807, 2.05) is 6.92 Å². The van der Waals surface area contributed by atoms with Crippen LogP contribution in [0.4, 0.5) is 0 Å². The van der Waals surface area contributed by atoms with Crippen LogP contribution < -0.4 is 5.32 Å². The second kappa shape index (κ2) is 8.94. The van der Waals surface area contributed by atoms with Gasteiger partial charge in [0.1, 0.15) is 0 Å². The maximum Gasteiger partial charge on any atom is 0.308 e. The van der Waals surface area contributed by atoms with Crippen LogP contribution >= 0.6 is 0 Å². The Morgan fingerprint density at radius 2 is 1.89 bits per heavy atom. The first-order valence-corrected chi connectivity index (χ1v) is 7.50. The summed E-state index contributed by atoms with van der Waals surface area (Å²) in [6.07, 6.45) is 9.15. The molecule has 19 heavy (non-hydrogen) atoms. The summed E-state index contributed by atoms with van der Waals surface area (Å²) in [5.74, 6) is -0.0596. The lowest BCUT2D eigenvalue weighted by atomic mass is 9.95. The Kier molecular flexibility index (Phi) is 7.53. The zero-order valence-corrected chi connectivity index (χ0v) is 12.2. The van der Waals surface area contributed by atoms with Crippen molar-refractivity contribution in [1.29, 1.82) is 0 Å². The number of unbranched alkanes of at least 4 members (excludes halogenated alkanes) is 1. The number of rotatable bonds is 7. The van der Waals surface area contributed by atoms with E-state index in [0.717, 1.165) is 32.1 Å². The van der Waals surface area contributed by atoms with Gasteiger partial charge in [-0.1, -0.05) is 32.6 Å². The Bertz CT molecular complexity index is 285. The fraction of sp³-hybridized carbons (Fsp3) is 0.867. The minimum absolute atomic E-state index is 0.0635. The van der Waals surface area contributed by atoms with Crippen molar-refractivity contribution in [2.75, 3.05) is 7.11 Å².